The fourth-order valence-electron chi connectivity index (χ4n) is 3.86. The number of benzene rings is 1. The second-order valence-electron chi connectivity index (χ2n) is 7.85. The van der Waals surface area contributed by atoms with Gasteiger partial charge in [-0.25, -0.2) is 8.42 Å². The minimum absolute atomic E-state index is 0.190. The van der Waals surface area contributed by atoms with Gasteiger partial charge in [0, 0.05) is 44.5 Å². The smallest absolute Gasteiger partial charge is 0.271 e. The number of nitrogens with one attached hydrogen (secondary N) is 1. The molecule has 0 bridgehead atoms. The first kappa shape index (κ1) is 21.3. The summed E-state index contributed by atoms with van der Waals surface area (Å²) in [5.74, 6) is -0.190. The van der Waals surface area contributed by atoms with Crippen molar-refractivity contribution in [3.63, 3.8) is 0 Å². The normalized spacial score (nSPS) is 15.4. The third-order valence-corrected chi connectivity index (χ3v) is 7.67. The second kappa shape index (κ2) is 7.93. The highest BCUT2D eigenvalue weighted by atomic mass is 32.2. The first-order chi connectivity index (χ1) is 14.7. The minimum atomic E-state index is -3.57. The summed E-state index contributed by atoms with van der Waals surface area (Å²) in [6.07, 6.45) is 0. The molecule has 1 aliphatic rings. The Morgan fingerprint density at radius 1 is 1.03 bits per heavy atom. The molecule has 0 unspecified atom stereocenters. The summed E-state index contributed by atoms with van der Waals surface area (Å²) < 4.78 is 29.0. The molecule has 9 nitrogen and oxygen atoms in total. The molecule has 1 amide bonds. The molecule has 10 heteroatoms. The van der Waals surface area contributed by atoms with E-state index in [1.54, 1.807) is 39.9 Å². The number of hydrogen-bond donors (Lipinski definition) is 1. The summed E-state index contributed by atoms with van der Waals surface area (Å²) in [6.45, 7) is 6.93. The molecule has 0 saturated carbocycles. The number of carbonyl (C=O) groups excluding carboxylic acids is 1. The largest absolute Gasteiger partial charge is 0.335 e. The van der Waals surface area contributed by atoms with E-state index in [9.17, 15) is 13.2 Å². The van der Waals surface area contributed by atoms with E-state index in [-0.39, 0.29) is 23.9 Å². The van der Waals surface area contributed by atoms with Crippen LogP contribution in [-0.2, 0) is 17.1 Å². The van der Waals surface area contributed by atoms with Crippen LogP contribution in [0.5, 0.6) is 0 Å². The molecule has 1 N–H and O–H groups in total. The van der Waals surface area contributed by atoms with Gasteiger partial charge in [0.25, 0.3) is 5.91 Å². The summed E-state index contributed by atoms with van der Waals surface area (Å²) in [7, 11) is -1.70. The molecule has 1 aliphatic heterocycles. The van der Waals surface area contributed by atoms with Gasteiger partial charge in [-0.05, 0) is 39.0 Å². The molecule has 3 aromatic rings. The Kier molecular flexibility index (Phi) is 5.44. The zero-order valence-electron chi connectivity index (χ0n) is 18.1. The Bertz CT molecular complexity index is 1220. The van der Waals surface area contributed by atoms with Gasteiger partial charge in [0.2, 0.25) is 10.0 Å². The van der Waals surface area contributed by atoms with E-state index in [4.69, 9.17) is 0 Å². The second-order valence-corrected chi connectivity index (χ2v) is 9.78. The highest BCUT2D eigenvalue weighted by molar-refractivity contribution is 7.89. The quantitative estimate of drug-likeness (QED) is 0.664. The fourth-order valence-corrected chi connectivity index (χ4v) is 5.29. The van der Waals surface area contributed by atoms with Crippen molar-refractivity contribution in [3.05, 3.63) is 53.0 Å². The van der Waals surface area contributed by atoms with E-state index in [0.717, 1.165) is 22.5 Å². The monoisotopic (exact) mass is 442 g/mol. The molecule has 1 aromatic carbocycles. The lowest BCUT2D eigenvalue weighted by Gasteiger charge is -2.33. The Morgan fingerprint density at radius 2 is 1.68 bits per heavy atom. The Labute approximate surface area is 181 Å². The van der Waals surface area contributed by atoms with Gasteiger partial charge >= 0.3 is 0 Å². The van der Waals surface area contributed by atoms with E-state index in [2.05, 4.69) is 15.3 Å². The predicted molar refractivity (Wildman–Crippen MR) is 116 cm³/mol. The molecular formula is C21H26N6O3S. The SMILES string of the molecule is Cc1ccc(S(=O)(=O)N2CCN(C(=O)c3cc(-c4c(C)nn(C)c4C)n[nH]3)CC2)cc1. The molecule has 0 spiro atoms. The summed E-state index contributed by atoms with van der Waals surface area (Å²) >= 11 is 0. The average molecular weight is 443 g/mol. The van der Waals surface area contributed by atoms with Crippen LogP contribution < -0.4 is 0 Å². The number of carbonyl (C=O) groups is 1. The average Bonchev–Trinajstić information content (AvgIpc) is 3.32. The number of nitrogens with zero attached hydrogens (tertiary/aromatic N) is 5. The van der Waals surface area contributed by atoms with Crippen molar-refractivity contribution >= 4 is 15.9 Å². The lowest BCUT2D eigenvalue weighted by atomic mass is 10.1. The van der Waals surface area contributed by atoms with Gasteiger partial charge in [-0.3, -0.25) is 14.6 Å². The highest BCUT2D eigenvalue weighted by Gasteiger charge is 2.31. The molecule has 1 saturated heterocycles. The number of amides is 1. The van der Waals surface area contributed by atoms with Gasteiger partial charge < -0.3 is 4.90 Å². The van der Waals surface area contributed by atoms with Crippen molar-refractivity contribution in [2.75, 3.05) is 26.2 Å². The van der Waals surface area contributed by atoms with Crippen molar-refractivity contribution in [1.82, 2.24) is 29.2 Å². The number of piperazine rings is 1. The first-order valence-electron chi connectivity index (χ1n) is 10.1. The van der Waals surface area contributed by atoms with Gasteiger partial charge in [0.05, 0.1) is 16.3 Å². The predicted octanol–water partition coefficient (Wildman–Crippen LogP) is 1.88. The van der Waals surface area contributed by atoms with Crippen LogP contribution in [0.4, 0.5) is 0 Å². The number of rotatable bonds is 4. The molecule has 31 heavy (non-hydrogen) atoms. The number of aromatic amines is 1. The molecule has 4 rings (SSSR count). The molecule has 0 radical (unpaired) electrons. The number of aryl methyl sites for hydroxylation is 3. The van der Waals surface area contributed by atoms with Crippen LogP contribution >= 0.6 is 0 Å². The number of aromatic nitrogens is 4. The van der Waals surface area contributed by atoms with Crippen LogP contribution in [-0.4, -0.2) is 69.7 Å². The molecule has 164 valence electrons. The van der Waals surface area contributed by atoms with Crippen molar-refractivity contribution in [2.24, 2.45) is 7.05 Å². The first-order valence-corrected chi connectivity index (χ1v) is 11.5. The third kappa shape index (κ3) is 3.88. The van der Waals surface area contributed by atoms with Crippen LogP contribution in [0, 0.1) is 20.8 Å². The topological polar surface area (TPSA) is 104 Å². The Morgan fingerprint density at radius 3 is 2.26 bits per heavy atom. The minimum Gasteiger partial charge on any atom is -0.335 e. The van der Waals surface area contributed by atoms with Gasteiger partial charge in [-0.1, -0.05) is 17.7 Å². The van der Waals surface area contributed by atoms with E-state index in [1.807, 2.05) is 27.8 Å². The third-order valence-electron chi connectivity index (χ3n) is 5.76. The zero-order valence-corrected chi connectivity index (χ0v) is 18.9. The van der Waals surface area contributed by atoms with Crippen LogP contribution in [0.15, 0.2) is 35.2 Å². The van der Waals surface area contributed by atoms with E-state index < -0.39 is 10.0 Å². The molecule has 0 aliphatic carbocycles. The van der Waals surface area contributed by atoms with Crippen LogP contribution in [0.2, 0.25) is 0 Å². The van der Waals surface area contributed by atoms with Crippen molar-refractivity contribution in [2.45, 2.75) is 25.7 Å². The van der Waals surface area contributed by atoms with Gasteiger partial charge in [0.15, 0.2) is 0 Å². The maximum Gasteiger partial charge on any atom is 0.271 e. The molecule has 0 atom stereocenters. The summed E-state index contributed by atoms with van der Waals surface area (Å²) in [5.41, 5.74) is 4.79. The number of sulfonamides is 1. The number of hydrogen-bond acceptors (Lipinski definition) is 5. The van der Waals surface area contributed by atoms with E-state index >= 15 is 0 Å². The van der Waals surface area contributed by atoms with E-state index in [0.29, 0.717) is 24.5 Å². The van der Waals surface area contributed by atoms with Gasteiger partial charge in [-0.2, -0.15) is 14.5 Å². The lowest BCUT2D eigenvalue weighted by molar-refractivity contribution is 0.0692. The van der Waals surface area contributed by atoms with Gasteiger partial charge in [-0.15, -0.1) is 0 Å². The zero-order chi connectivity index (χ0) is 22.3. The van der Waals surface area contributed by atoms with Crippen molar-refractivity contribution in [3.8, 4) is 11.3 Å². The molecule has 3 heterocycles. The Balaban J connectivity index is 1.45. The van der Waals surface area contributed by atoms with Crippen LogP contribution in [0.25, 0.3) is 11.3 Å². The van der Waals surface area contributed by atoms with Crippen molar-refractivity contribution < 1.29 is 13.2 Å². The molecule has 2 aromatic heterocycles. The van der Waals surface area contributed by atoms with Crippen LogP contribution in [0.1, 0.15) is 27.4 Å². The lowest BCUT2D eigenvalue weighted by Crippen LogP contribution is -2.50. The Hall–Kier alpha value is -2.98. The number of H-pyrrole nitrogens is 1. The van der Waals surface area contributed by atoms with Crippen LogP contribution in [0.3, 0.4) is 0 Å². The summed E-state index contributed by atoms with van der Waals surface area (Å²) in [5, 5.41) is 11.5. The fraction of sp³-hybridized carbons (Fsp3) is 0.381. The molecule has 1 fully saturated rings. The maximum absolute atomic E-state index is 12.9. The standard InChI is InChI=1S/C21H26N6O3S/c1-14-5-7-17(8-6-14)31(29,30)27-11-9-26(10-12-27)21(28)19-13-18(22-23-19)20-15(2)24-25(4)16(20)3/h5-8,13H,9-12H2,1-4H3,(H,22,23). The molecular weight excluding hydrogens is 416 g/mol. The van der Waals surface area contributed by atoms with Gasteiger partial charge in [0.1, 0.15) is 5.69 Å². The van der Waals surface area contributed by atoms with E-state index in [1.165, 1.54) is 4.31 Å². The van der Waals surface area contributed by atoms with Crippen molar-refractivity contribution in [1.29, 1.82) is 0 Å². The maximum atomic E-state index is 12.9. The summed E-state index contributed by atoms with van der Waals surface area (Å²) in [6, 6.07) is 8.55. The highest BCUT2D eigenvalue weighted by Crippen LogP contribution is 2.26. The summed E-state index contributed by atoms with van der Waals surface area (Å²) in [4.78, 5) is 14.9.